The Hall–Kier alpha value is -3.60. The van der Waals surface area contributed by atoms with Crippen LogP contribution in [0.25, 0.3) is 0 Å². The molecule has 0 aromatic heterocycles. The highest BCUT2D eigenvalue weighted by atomic mass is 16.5. The molecule has 0 radical (unpaired) electrons. The Morgan fingerprint density at radius 3 is 2.28 bits per heavy atom. The first-order valence-electron chi connectivity index (χ1n) is 9.40. The summed E-state index contributed by atoms with van der Waals surface area (Å²) in [4.78, 5) is 25.5. The average Bonchev–Trinajstić information content (AvgIpc) is 2.74. The molecule has 5 heteroatoms. The predicted molar refractivity (Wildman–Crippen MR) is 114 cm³/mol. The third kappa shape index (κ3) is 4.82. The lowest BCUT2D eigenvalue weighted by Gasteiger charge is -2.16. The van der Waals surface area contributed by atoms with Crippen molar-refractivity contribution in [1.82, 2.24) is 5.32 Å². The Balaban J connectivity index is 1.77. The molecule has 5 nitrogen and oxygen atoms in total. The number of carbonyl (C=O) groups is 2. The minimum atomic E-state index is -0.285. The van der Waals surface area contributed by atoms with Crippen LogP contribution in [-0.4, -0.2) is 18.9 Å². The van der Waals surface area contributed by atoms with Crippen molar-refractivity contribution in [3.05, 3.63) is 95.1 Å². The summed E-state index contributed by atoms with van der Waals surface area (Å²) in [5.41, 5.74) is 3.24. The van der Waals surface area contributed by atoms with Gasteiger partial charge in [-0.1, -0.05) is 42.5 Å². The van der Waals surface area contributed by atoms with Crippen molar-refractivity contribution in [1.29, 1.82) is 0 Å². The molecule has 0 spiro atoms. The first kappa shape index (κ1) is 20.1. The number of hydrogen-bond acceptors (Lipinski definition) is 3. The van der Waals surface area contributed by atoms with Crippen molar-refractivity contribution in [3.8, 4) is 5.75 Å². The molecule has 0 saturated carbocycles. The van der Waals surface area contributed by atoms with Crippen molar-refractivity contribution < 1.29 is 14.3 Å². The summed E-state index contributed by atoms with van der Waals surface area (Å²) >= 11 is 0. The molecule has 2 amide bonds. The summed E-state index contributed by atoms with van der Waals surface area (Å²) < 4.78 is 5.24. The molecular weight excluding hydrogens is 364 g/mol. The monoisotopic (exact) mass is 388 g/mol. The Morgan fingerprint density at radius 1 is 0.897 bits per heavy atom. The number of hydrogen-bond donors (Lipinski definition) is 2. The molecular formula is C24H24N2O3. The van der Waals surface area contributed by atoms with E-state index in [1.54, 1.807) is 49.6 Å². The SMILES string of the molecule is COc1ccc(C(=O)Nc2ccccc2C(=O)N[C@H](C)c2ccccc2)cc1C. The van der Waals surface area contributed by atoms with E-state index < -0.39 is 0 Å². The summed E-state index contributed by atoms with van der Waals surface area (Å²) in [5.74, 6) is 0.187. The maximum Gasteiger partial charge on any atom is 0.255 e. The number of rotatable bonds is 6. The van der Waals surface area contributed by atoms with Gasteiger partial charge < -0.3 is 15.4 Å². The van der Waals surface area contributed by atoms with Crippen LogP contribution in [0.4, 0.5) is 5.69 Å². The summed E-state index contributed by atoms with van der Waals surface area (Å²) in [6.45, 7) is 3.80. The molecule has 29 heavy (non-hydrogen) atoms. The van der Waals surface area contributed by atoms with Gasteiger partial charge in [0.1, 0.15) is 5.75 Å². The molecule has 0 bridgehead atoms. The molecule has 0 unspecified atom stereocenters. The van der Waals surface area contributed by atoms with Crippen LogP contribution in [0.5, 0.6) is 5.75 Å². The number of nitrogens with one attached hydrogen (secondary N) is 2. The lowest BCUT2D eigenvalue weighted by Crippen LogP contribution is -2.28. The number of para-hydroxylation sites is 1. The van der Waals surface area contributed by atoms with E-state index in [-0.39, 0.29) is 17.9 Å². The second kappa shape index (κ2) is 9.06. The van der Waals surface area contributed by atoms with Crippen molar-refractivity contribution in [2.45, 2.75) is 19.9 Å². The van der Waals surface area contributed by atoms with E-state index in [2.05, 4.69) is 10.6 Å². The predicted octanol–water partition coefficient (Wildman–Crippen LogP) is 4.75. The first-order valence-corrected chi connectivity index (χ1v) is 9.40. The van der Waals surface area contributed by atoms with Gasteiger partial charge in [-0.2, -0.15) is 0 Å². The van der Waals surface area contributed by atoms with Crippen LogP contribution in [0.15, 0.2) is 72.8 Å². The van der Waals surface area contributed by atoms with Crippen LogP contribution in [0, 0.1) is 6.92 Å². The maximum absolute atomic E-state index is 12.8. The van der Waals surface area contributed by atoms with Gasteiger partial charge in [0.2, 0.25) is 0 Å². The van der Waals surface area contributed by atoms with Crippen LogP contribution < -0.4 is 15.4 Å². The highest BCUT2D eigenvalue weighted by Gasteiger charge is 2.17. The second-order valence-electron chi connectivity index (χ2n) is 6.79. The molecule has 3 aromatic carbocycles. The van der Waals surface area contributed by atoms with Crippen LogP contribution in [0.1, 0.15) is 44.8 Å². The van der Waals surface area contributed by atoms with E-state index in [1.165, 1.54) is 0 Å². The van der Waals surface area contributed by atoms with E-state index in [0.29, 0.717) is 16.8 Å². The van der Waals surface area contributed by atoms with Gasteiger partial charge in [-0.05, 0) is 55.3 Å². The highest BCUT2D eigenvalue weighted by Crippen LogP contribution is 2.21. The maximum atomic E-state index is 12.8. The smallest absolute Gasteiger partial charge is 0.255 e. The molecule has 0 aliphatic heterocycles. The molecule has 3 aromatic rings. The van der Waals surface area contributed by atoms with Crippen LogP contribution in [0.3, 0.4) is 0 Å². The van der Waals surface area contributed by atoms with Gasteiger partial charge in [-0.3, -0.25) is 9.59 Å². The summed E-state index contributed by atoms with van der Waals surface area (Å²) in [6, 6.07) is 21.8. The van der Waals surface area contributed by atoms with Crippen LogP contribution in [0.2, 0.25) is 0 Å². The summed E-state index contributed by atoms with van der Waals surface area (Å²) in [7, 11) is 1.59. The average molecular weight is 388 g/mol. The molecule has 2 N–H and O–H groups in total. The largest absolute Gasteiger partial charge is 0.496 e. The minimum Gasteiger partial charge on any atom is -0.496 e. The number of anilines is 1. The van der Waals surface area contributed by atoms with Crippen molar-refractivity contribution in [2.75, 3.05) is 12.4 Å². The Kier molecular flexibility index (Phi) is 6.29. The number of amides is 2. The number of methoxy groups -OCH3 is 1. The molecule has 0 aliphatic carbocycles. The fourth-order valence-electron chi connectivity index (χ4n) is 3.10. The van der Waals surface area contributed by atoms with Crippen molar-refractivity contribution in [3.63, 3.8) is 0 Å². The van der Waals surface area contributed by atoms with Gasteiger partial charge in [0.15, 0.2) is 0 Å². The van der Waals surface area contributed by atoms with E-state index in [4.69, 9.17) is 4.74 Å². The third-order valence-corrected chi connectivity index (χ3v) is 4.72. The Morgan fingerprint density at radius 2 is 1.59 bits per heavy atom. The van der Waals surface area contributed by atoms with Gasteiger partial charge in [-0.15, -0.1) is 0 Å². The Labute approximate surface area is 170 Å². The van der Waals surface area contributed by atoms with Crippen molar-refractivity contribution >= 4 is 17.5 Å². The zero-order chi connectivity index (χ0) is 20.8. The standard InChI is InChI=1S/C24H24N2O3/c1-16-15-19(13-14-22(16)29-3)23(27)26-21-12-8-7-11-20(21)24(28)25-17(2)18-9-5-4-6-10-18/h4-15,17H,1-3H3,(H,25,28)(H,26,27)/t17-/m1/s1. The number of aryl methyl sites for hydroxylation is 1. The van der Waals surface area contributed by atoms with Gasteiger partial charge in [-0.25, -0.2) is 0 Å². The fraction of sp³-hybridized carbons (Fsp3) is 0.167. The Bertz CT molecular complexity index is 1020. The fourth-order valence-corrected chi connectivity index (χ4v) is 3.10. The number of ether oxygens (including phenoxy) is 1. The zero-order valence-corrected chi connectivity index (χ0v) is 16.7. The van der Waals surface area contributed by atoms with Crippen LogP contribution in [-0.2, 0) is 0 Å². The highest BCUT2D eigenvalue weighted by molar-refractivity contribution is 6.09. The van der Waals surface area contributed by atoms with Gasteiger partial charge in [0.25, 0.3) is 11.8 Å². The van der Waals surface area contributed by atoms with E-state index >= 15 is 0 Å². The lowest BCUT2D eigenvalue weighted by molar-refractivity contribution is 0.0941. The number of carbonyl (C=O) groups excluding carboxylic acids is 2. The molecule has 0 heterocycles. The quantitative estimate of drug-likeness (QED) is 0.640. The van der Waals surface area contributed by atoms with E-state index in [9.17, 15) is 9.59 Å². The molecule has 1 atom stereocenters. The molecule has 0 saturated heterocycles. The van der Waals surface area contributed by atoms with Gasteiger partial charge in [0.05, 0.1) is 24.4 Å². The molecule has 0 fully saturated rings. The van der Waals surface area contributed by atoms with Crippen LogP contribution >= 0.6 is 0 Å². The van der Waals surface area contributed by atoms with Gasteiger partial charge >= 0.3 is 0 Å². The zero-order valence-electron chi connectivity index (χ0n) is 16.7. The van der Waals surface area contributed by atoms with Gasteiger partial charge in [0, 0.05) is 5.56 Å². The summed E-state index contributed by atoms with van der Waals surface area (Å²) in [6.07, 6.45) is 0. The van der Waals surface area contributed by atoms with E-state index in [0.717, 1.165) is 16.9 Å². The van der Waals surface area contributed by atoms with E-state index in [1.807, 2.05) is 44.2 Å². The van der Waals surface area contributed by atoms with Crippen molar-refractivity contribution in [2.24, 2.45) is 0 Å². The summed E-state index contributed by atoms with van der Waals surface area (Å²) in [5, 5.41) is 5.83. The normalized spacial score (nSPS) is 11.4. The minimum absolute atomic E-state index is 0.156. The molecule has 0 aliphatic rings. The molecule has 3 rings (SSSR count). The topological polar surface area (TPSA) is 67.4 Å². The lowest BCUT2D eigenvalue weighted by atomic mass is 10.1. The third-order valence-electron chi connectivity index (χ3n) is 4.72. The molecule has 148 valence electrons. The number of benzene rings is 3. The second-order valence-corrected chi connectivity index (χ2v) is 6.79. The first-order chi connectivity index (χ1) is 14.0.